The van der Waals surface area contributed by atoms with Gasteiger partial charge in [-0.25, -0.2) is 19.6 Å². The molecule has 0 bridgehead atoms. The van der Waals surface area contributed by atoms with Gasteiger partial charge in [-0.3, -0.25) is 0 Å². The smallest absolute Gasteiger partial charge is 0.347 e. The van der Waals surface area contributed by atoms with Crippen LogP contribution in [0.25, 0.3) is 56.9 Å². The number of hydrogen-bond donors (Lipinski definition) is 0. The van der Waals surface area contributed by atoms with Crippen molar-refractivity contribution in [2.24, 2.45) is 0 Å². The Labute approximate surface area is 217 Å². The topological polar surface area (TPSA) is 86.2 Å². The first kappa shape index (κ1) is 23.3. The fourth-order valence-corrected chi connectivity index (χ4v) is 4.48. The van der Waals surface area contributed by atoms with E-state index in [0.717, 1.165) is 33.4 Å². The van der Waals surface area contributed by atoms with Crippen molar-refractivity contribution in [3.05, 3.63) is 128 Å². The highest BCUT2D eigenvalue weighted by molar-refractivity contribution is 5.83. The summed E-state index contributed by atoms with van der Waals surface area (Å²) in [5, 5.41) is 1.02. The Hall–Kier alpha value is -5.10. The van der Waals surface area contributed by atoms with Crippen molar-refractivity contribution in [1.29, 1.82) is 0 Å². The van der Waals surface area contributed by atoms with Crippen molar-refractivity contribution >= 4 is 34.0 Å². The minimum absolute atomic E-state index is 0.295. The van der Waals surface area contributed by atoms with Crippen molar-refractivity contribution < 1.29 is 8.83 Å². The summed E-state index contributed by atoms with van der Waals surface area (Å²) >= 11 is 0. The Balaban J connectivity index is 1.22. The third kappa shape index (κ3) is 4.33. The Morgan fingerprint density at radius 2 is 0.947 bits per heavy atom. The lowest BCUT2D eigenvalue weighted by atomic mass is 10.1. The van der Waals surface area contributed by atoms with Gasteiger partial charge in [-0.05, 0) is 72.5 Å². The zero-order valence-electron chi connectivity index (χ0n) is 20.8. The standard InChI is InChI=1S/C32H22N2O4/c1-19-5-3-7-25-27(19)31(35)37-29(33-25)23-15-11-21(12-16-23)9-10-22-13-17-24(18-14-22)30-34-26-8-4-6-20(2)28(26)32(36)38-30/h3-18H,1-2H3/b10-9+. The highest BCUT2D eigenvalue weighted by Gasteiger charge is 2.11. The summed E-state index contributed by atoms with van der Waals surface area (Å²) in [6.07, 6.45) is 3.98. The molecule has 6 aromatic rings. The maximum Gasteiger partial charge on any atom is 0.347 e. The summed E-state index contributed by atoms with van der Waals surface area (Å²) in [4.78, 5) is 34.0. The van der Waals surface area contributed by atoms with E-state index in [2.05, 4.69) is 9.97 Å². The largest absolute Gasteiger partial charge is 0.403 e. The SMILES string of the molecule is Cc1cccc2nc(-c3ccc(/C=C/c4ccc(-c5nc6cccc(C)c6c(=O)o5)cc4)cc3)oc(=O)c12. The van der Waals surface area contributed by atoms with Crippen molar-refractivity contribution in [3.63, 3.8) is 0 Å². The molecule has 0 aliphatic heterocycles. The van der Waals surface area contributed by atoms with Crippen LogP contribution in [0.3, 0.4) is 0 Å². The van der Waals surface area contributed by atoms with Gasteiger partial charge in [0.15, 0.2) is 0 Å². The highest BCUT2D eigenvalue weighted by Crippen LogP contribution is 2.23. The minimum atomic E-state index is -0.385. The van der Waals surface area contributed by atoms with Gasteiger partial charge in [0, 0.05) is 11.1 Å². The van der Waals surface area contributed by atoms with Crippen LogP contribution in [0.1, 0.15) is 22.3 Å². The predicted octanol–water partition coefficient (Wildman–Crippen LogP) is 6.81. The summed E-state index contributed by atoms with van der Waals surface area (Å²) in [6, 6.07) is 26.4. The molecule has 4 aromatic carbocycles. The molecule has 0 aliphatic rings. The zero-order chi connectivity index (χ0) is 26.2. The molecule has 0 N–H and O–H groups in total. The van der Waals surface area contributed by atoms with Crippen LogP contribution in [-0.4, -0.2) is 9.97 Å². The molecule has 0 amide bonds. The number of aromatic nitrogens is 2. The monoisotopic (exact) mass is 498 g/mol. The fourth-order valence-electron chi connectivity index (χ4n) is 4.48. The lowest BCUT2D eigenvalue weighted by molar-refractivity contribution is 0.517. The van der Waals surface area contributed by atoms with Gasteiger partial charge < -0.3 is 8.83 Å². The number of nitrogens with zero attached hydrogens (tertiary/aromatic N) is 2. The zero-order valence-corrected chi connectivity index (χ0v) is 20.8. The van der Waals surface area contributed by atoms with Crippen LogP contribution < -0.4 is 11.3 Å². The van der Waals surface area contributed by atoms with Gasteiger partial charge >= 0.3 is 11.3 Å². The lowest BCUT2D eigenvalue weighted by Gasteiger charge is -2.04. The predicted molar refractivity (Wildman–Crippen MR) is 150 cm³/mol. The second-order valence-electron chi connectivity index (χ2n) is 9.13. The van der Waals surface area contributed by atoms with Crippen molar-refractivity contribution in [1.82, 2.24) is 9.97 Å². The van der Waals surface area contributed by atoms with Crippen molar-refractivity contribution in [3.8, 4) is 22.9 Å². The van der Waals surface area contributed by atoms with Crippen molar-refractivity contribution in [2.45, 2.75) is 13.8 Å². The summed E-state index contributed by atoms with van der Waals surface area (Å²) in [5.41, 5.74) is 5.58. The third-order valence-electron chi connectivity index (χ3n) is 6.52. The first-order chi connectivity index (χ1) is 18.5. The summed E-state index contributed by atoms with van der Waals surface area (Å²) in [5.74, 6) is 0.589. The molecule has 0 unspecified atom stereocenters. The van der Waals surface area contributed by atoms with Gasteiger partial charge in [0.1, 0.15) is 0 Å². The maximum absolute atomic E-state index is 12.5. The van der Waals surface area contributed by atoms with Gasteiger partial charge in [0.25, 0.3) is 0 Å². The van der Waals surface area contributed by atoms with Crippen molar-refractivity contribution in [2.75, 3.05) is 0 Å². The molecule has 0 saturated carbocycles. The Morgan fingerprint density at radius 1 is 0.553 bits per heavy atom. The Morgan fingerprint density at radius 3 is 1.34 bits per heavy atom. The normalized spacial score (nSPS) is 11.5. The number of fused-ring (bicyclic) bond motifs is 2. The van der Waals surface area contributed by atoms with E-state index in [4.69, 9.17) is 8.83 Å². The van der Waals surface area contributed by atoms with E-state index in [1.54, 1.807) is 0 Å². The second-order valence-corrected chi connectivity index (χ2v) is 9.13. The molecular weight excluding hydrogens is 476 g/mol. The summed E-state index contributed by atoms with van der Waals surface area (Å²) < 4.78 is 11.0. The van der Waals surface area contributed by atoms with Crippen LogP contribution in [0.2, 0.25) is 0 Å². The average Bonchev–Trinajstić information content (AvgIpc) is 2.92. The minimum Gasteiger partial charge on any atom is -0.403 e. The molecule has 38 heavy (non-hydrogen) atoms. The van der Waals surface area contributed by atoms with E-state index in [0.29, 0.717) is 33.6 Å². The molecule has 2 heterocycles. The number of rotatable bonds is 4. The number of hydrogen-bond acceptors (Lipinski definition) is 6. The number of aryl methyl sites for hydroxylation is 2. The molecule has 6 rings (SSSR count). The van der Waals surface area contributed by atoms with Gasteiger partial charge in [0.05, 0.1) is 21.8 Å². The van der Waals surface area contributed by atoms with Gasteiger partial charge in [-0.2, -0.15) is 0 Å². The maximum atomic E-state index is 12.5. The first-order valence-electron chi connectivity index (χ1n) is 12.2. The molecule has 0 atom stereocenters. The van der Waals surface area contributed by atoms with E-state index in [9.17, 15) is 9.59 Å². The molecular formula is C32H22N2O4. The molecule has 0 saturated heterocycles. The molecule has 0 radical (unpaired) electrons. The fraction of sp³-hybridized carbons (Fsp3) is 0.0625. The molecule has 0 aliphatic carbocycles. The van der Waals surface area contributed by atoms with Gasteiger partial charge in [0.2, 0.25) is 11.8 Å². The van der Waals surface area contributed by atoms with Crippen LogP contribution in [0.4, 0.5) is 0 Å². The molecule has 184 valence electrons. The van der Waals surface area contributed by atoms with Crippen LogP contribution in [-0.2, 0) is 0 Å². The average molecular weight is 499 g/mol. The van der Waals surface area contributed by atoms with Crippen LogP contribution in [0.5, 0.6) is 0 Å². The lowest BCUT2D eigenvalue weighted by Crippen LogP contribution is -2.04. The quantitative estimate of drug-likeness (QED) is 0.248. The van der Waals surface area contributed by atoms with Crippen LogP contribution in [0.15, 0.2) is 103 Å². The van der Waals surface area contributed by atoms with E-state index in [1.165, 1.54) is 0 Å². The van der Waals surface area contributed by atoms with Gasteiger partial charge in [-0.1, -0.05) is 60.7 Å². The van der Waals surface area contributed by atoms with E-state index in [-0.39, 0.29) is 11.3 Å². The van der Waals surface area contributed by atoms with Gasteiger partial charge in [-0.15, -0.1) is 0 Å². The third-order valence-corrected chi connectivity index (χ3v) is 6.52. The second kappa shape index (κ2) is 9.41. The van der Waals surface area contributed by atoms with E-state index in [1.807, 2.05) is 111 Å². The molecule has 2 aromatic heterocycles. The van der Waals surface area contributed by atoms with Crippen LogP contribution in [0, 0.1) is 13.8 Å². The Kier molecular flexibility index (Phi) is 5.77. The first-order valence-corrected chi connectivity index (χ1v) is 12.2. The molecule has 0 spiro atoms. The molecule has 0 fully saturated rings. The van der Waals surface area contributed by atoms with E-state index < -0.39 is 0 Å². The molecule has 6 heteroatoms. The highest BCUT2D eigenvalue weighted by atomic mass is 16.4. The summed E-state index contributed by atoms with van der Waals surface area (Å²) in [7, 11) is 0. The number of benzene rings is 4. The van der Waals surface area contributed by atoms with Crippen LogP contribution >= 0.6 is 0 Å². The summed E-state index contributed by atoms with van der Waals surface area (Å²) in [6.45, 7) is 3.74. The Bertz CT molecular complexity index is 1820. The molecule has 6 nitrogen and oxygen atoms in total. The van der Waals surface area contributed by atoms with E-state index >= 15 is 0 Å².